The van der Waals surface area contributed by atoms with Gasteiger partial charge in [0.15, 0.2) is 0 Å². The lowest BCUT2D eigenvalue weighted by Crippen LogP contribution is -2.54. The maximum atomic E-state index is 10.9. The van der Waals surface area contributed by atoms with Gasteiger partial charge in [-0.25, -0.2) is 0 Å². The molecule has 1 aliphatic rings. The Bertz CT molecular complexity index is 697. The Labute approximate surface area is 141 Å². The van der Waals surface area contributed by atoms with E-state index < -0.39 is 0 Å². The third-order valence-electron chi connectivity index (χ3n) is 3.89. The Morgan fingerprint density at radius 2 is 1.92 bits per heavy atom. The van der Waals surface area contributed by atoms with Gasteiger partial charge in [-0.2, -0.15) is 4.98 Å². The van der Waals surface area contributed by atoms with E-state index in [0.717, 1.165) is 24.3 Å². The van der Waals surface area contributed by atoms with E-state index in [4.69, 9.17) is 9.47 Å². The second-order valence-corrected chi connectivity index (χ2v) is 5.74. The van der Waals surface area contributed by atoms with Crippen molar-refractivity contribution in [3.8, 4) is 11.8 Å². The van der Waals surface area contributed by atoms with E-state index >= 15 is 0 Å². The van der Waals surface area contributed by atoms with Crippen LogP contribution in [0, 0.1) is 0 Å². The van der Waals surface area contributed by atoms with Crippen molar-refractivity contribution in [1.29, 1.82) is 0 Å². The van der Waals surface area contributed by atoms with Gasteiger partial charge in [-0.3, -0.25) is 4.79 Å². The molecule has 1 fully saturated rings. The second-order valence-electron chi connectivity index (χ2n) is 5.74. The zero-order chi connectivity index (χ0) is 16.9. The zero-order valence-electron chi connectivity index (χ0n) is 13.9. The van der Waals surface area contributed by atoms with Crippen molar-refractivity contribution in [2.75, 3.05) is 25.1 Å². The number of carbonyl (C=O) groups excluding carboxylic acids is 1. The maximum Gasteiger partial charge on any atom is 0.217 e. The number of nitrogens with one attached hydrogen (secondary N) is 1. The van der Waals surface area contributed by atoms with Crippen molar-refractivity contribution in [3.63, 3.8) is 0 Å². The van der Waals surface area contributed by atoms with E-state index in [0.29, 0.717) is 18.3 Å². The number of carbonyl (C=O) groups is 1. The molecule has 1 N–H and O–H groups in total. The molecule has 1 saturated heterocycles. The number of aromatic nitrogens is 1. The van der Waals surface area contributed by atoms with E-state index in [1.807, 2.05) is 24.3 Å². The van der Waals surface area contributed by atoms with Crippen molar-refractivity contribution < 1.29 is 14.3 Å². The molecule has 0 saturated carbocycles. The first-order chi connectivity index (χ1) is 11.6. The highest BCUT2D eigenvalue weighted by Crippen LogP contribution is 2.24. The highest BCUT2D eigenvalue weighted by atomic mass is 16.5. The summed E-state index contributed by atoms with van der Waals surface area (Å²) in [5.41, 5.74) is 2.24. The lowest BCUT2D eigenvalue weighted by molar-refractivity contribution is -0.119. The number of hydrogen-bond donors (Lipinski definition) is 1. The average molecular weight is 327 g/mol. The number of pyridine rings is 1. The Hall–Kier alpha value is -2.76. The normalized spacial score (nSPS) is 14.0. The van der Waals surface area contributed by atoms with Gasteiger partial charge in [0.1, 0.15) is 6.10 Å². The van der Waals surface area contributed by atoms with Gasteiger partial charge in [-0.15, -0.1) is 0 Å². The van der Waals surface area contributed by atoms with Crippen LogP contribution >= 0.6 is 0 Å². The van der Waals surface area contributed by atoms with Crippen LogP contribution in [0.25, 0.3) is 0 Å². The third kappa shape index (κ3) is 3.95. The van der Waals surface area contributed by atoms with Gasteiger partial charge < -0.3 is 19.7 Å². The standard InChI is InChI=1S/C18H21N3O3/c1-13(22)19-10-14-6-8-15(9-7-14)21-11-16(12-21)24-18-5-3-4-17(20-18)23-2/h3-9,16H,10-12H2,1-2H3,(H,19,22). The molecule has 0 aliphatic carbocycles. The van der Waals surface area contributed by atoms with Gasteiger partial charge in [0.05, 0.1) is 20.2 Å². The quantitative estimate of drug-likeness (QED) is 0.879. The molecule has 6 heteroatoms. The van der Waals surface area contributed by atoms with Crippen LogP contribution < -0.4 is 19.7 Å². The van der Waals surface area contributed by atoms with Crippen LogP contribution in [0.2, 0.25) is 0 Å². The number of rotatable bonds is 6. The third-order valence-corrected chi connectivity index (χ3v) is 3.89. The van der Waals surface area contributed by atoms with Crippen LogP contribution in [0.5, 0.6) is 11.8 Å². The molecule has 0 radical (unpaired) electrons. The van der Waals surface area contributed by atoms with E-state index in [2.05, 4.69) is 27.3 Å². The maximum absolute atomic E-state index is 10.9. The Morgan fingerprint density at radius 1 is 1.21 bits per heavy atom. The molecule has 1 amide bonds. The molecule has 0 unspecified atom stereocenters. The van der Waals surface area contributed by atoms with Crippen LogP contribution in [-0.2, 0) is 11.3 Å². The molecule has 0 atom stereocenters. The molecule has 1 aromatic heterocycles. The van der Waals surface area contributed by atoms with Crippen LogP contribution in [0.4, 0.5) is 5.69 Å². The van der Waals surface area contributed by atoms with E-state index in [-0.39, 0.29) is 12.0 Å². The fourth-order valence-electron chi connectivity index (χ4n) is 2.52. The fourth-order valence-corrected chi connectivity index (χ4v) is 2.52. The minimum atomic E-state index is -0.0204. The van der Waals surface area contributed by atoms with Gasteiger partial charge in [0.2, 0.25) is 17.7 Å². The number of ether oxygens (including phenoxy) is 2. The first kappa shape index (κ1) is 16.1. The van der Waals surface area contributed by atoms with Gasteiger partial charge >= 0.3 is 0 Å². The molecule has 3 rings (SSSR count). The average Bonchev–Trinajstić information content (AvgIpc) is 2.56. The Kier molecular flexibility index (Phi) is 4.84. The summed E-state index contributed by atoms with van der Waals surface area (Å²) in [4.78, 5) is 17.4. The number of hydrogen-bond acceptors (Lipinski definition) is 5. The lowest BCUT2D eigenvalue weighted by atomic mass is 10.1. The van der Waals surface area contributed by atoms with Crippen molar-refractivity contribution in [3.05, 3.63) is 48.0 Å². The molecule has 1 aromatic carbocycles. The minimum Gasteiger partial charge on any atom is -0.481 e. The lowest BCUT2D eigenvalue weighted by Gasteiger charge is -2.40. The number of nitrogens with zero attached hydrogens (tertiary/aromatic N) is 2. The first-order valence-electron chi connectivity index (χ1n) is 7.90. The Balaban J connectivity index is 1.50. The van der Waals surface area contributed by atoms with Gasteiger partial charge in [-0.1, -0.05) is 18.2 Å². The fraction of sp³-hybridized carbons (Fsp3) is 0.333. The summed E-state index contributed by atoms with van der Waals surface area (Å²) in [6.45, 7) is 3.72. The van der Waals surface area contributed by atoms with Crippen LogP contribution in [0.3, 0.4) is 0 Å². The van der Waals surface area contributed by atoms with Gasteiger partial charge in [-0.05, 0) is 17.7 Å². The van der Waals surface area contributed by atoms with Crippen molar-refractivity contribution in [2.24, 2.45) is 0 Å². The van der Waals surface area contributed by atoms with Crippen molar-refractivity contribution in [2.45, 2.75) is 19.6 Å². The zero-order valence-corrected chi connectivity index (χ0v) is 13.9. The van der Waals surface area contributed by atoms with Crippen molar-refractivity contribution in [1.82, 2.24) is 10.3 Å². The molecule has 2 aromatic rings. The molecular formula is C18H21N3O3. The van der Waals surface area contributed by atoms with Gasteiger partial charge in [0, 0.05) is 31.3 Å². The summed E-state index contributed by atoms with van der Waals surface area (Å²) < 4.78 is 10.9. The molecular weight excluding hydrogens is 306 g/mol. The highest BCUT2D eigenvalue weighted by molar-refractivity contribution is 5.72. The minimum absolute atomic E-state index is 0.0204. The summed E-state index contributed by atoms with van der Waals surface area (Å²) in [6, 6.07) is 13.7. The smallest absolute Gasteiger partial charge is 0.217 e. The largest absolute Gasteiger partial charge is 0.481 e. The first-order valence-corrected chi connectivity index (χ1v) is 7.90. The second kappa shape index (κ2) is 7.21. The highest BCUT2D eigenvalue weighted by Gasteiger charge is 2.29. The summed E-state index contributed by atoms with van der Waals surface area (Å²) >= 11 is 0. The monoisotopic (exact) mass is 327 g/mol. The van der Waals surface area contributed by atoms with E-state index in [1.165, 1.54) is 6.92 Å². The van der Waals surface area contributed by atoms with Crippen LogP contribution in [-0.4, -0.2) is 37.2 Å². The molecule has 6 nitrogen and oxygen atoms in total. The summed E-state index contributed by atoms with van der Waals surface area (Å²) in [5.74, 6) is 1.12. The molecule has 0 bridgehead atoms. The topological polar surface area (TPSA) is 63.7 Å². The molecule has 24 heavy (non-hydrogen) atoms. The summed E-state index contributed by atoms with van der Waals surface area (Å²) in [6.07, 6.45) is 0.128. The van der Waals surface area contributed by atoms with Gasteiger partial charge in [0.25, 0.3) is 0 Å². The summed E-state index contributed by atoms with van der Waals surface area (Å²) in [7, 11) is 1.59. The molecule has 2 heterocycles. The molecule has 0 spiro atoms. The number of amides is 1. The predicted molar refractivity (Wildman–Crippen MR) is 91.4 cm³/mol. The SMILES string of the molecule is COc1cccc(OC2CN(c3ccc(CNC(C)=O)cc3)C2)n1. The Morgan fingerprint density at radius 3 is 2.58 bits per heavy atom. The molecule has 1 aliphatic heterocycles. The molecule has 126 valence electrons. The van der Waals surface area contributed by atoms with E-state index in [1.54, 1.807) is 13.2 Å². The van der Waals surface area contributed by atoms with Crippen molar-refractivity contribution >= 4 is 11.6 Å². The van der Waals surface area contributed by atoms with E-state index in [9.17, 15) is 4.79 Å². The number of anilines is 1. The summed E-state index contributed by atoms with van der Waals surface area (Å²) in [5, 5.41) is 2.79. The number of benzene rings is 1. The van der Waals surface area contributed by atoms with Crippen LogP contribution in [0.1, 0.15) is 12.5 Å². The van der Waals surface area contributed by atoms with Crippen LogP contribution in [0.15, 0.2) is 42.5 Å². The number of methoxy groups -OCH3 is 1. The predicted octanol–water partition coefficient (Wildman–Crippen LogP) is 1.99.